The van der Waals surface area contributed by atoms with Gasteiger partial charge in [0.1, 0.15) is 0 Å². The van der Waals surface area contributed by atoms with Crippen LogP contribution < -0.4 is 15.4 Å². The summed E-state index contributed by atoms with van der Waals surface area (Å²) in [6.07, 6.45) is 1.01. The number of nitrogens with one attached hydrogen (secondary N) is 3. The van der Waals surface area contributed by atoms with Crippen molar-refractivity contribution in [3.8, 4) is 0 Å². The molecule has 0 saturated carbocycles. The second-order valence-corrected chi connectivity index (χ2v) is 8.89. The lowest BCUT2D eigenvalue weighted by Gasteiger charge is -2.13. The Balaban J connectivity index is 1.78. The molecule has 9 heteroatoms. The maximum atomic E-state index is 12.8. The molecule has 0 atom stereocenters. The molecule has 7 nitrogen and oxygen atoms in total. The monoisotopic (exact) mass is 457 g/mol. The number of carbonyl (C=O) groups excluding carboxylic acids is 2. The third-order valence-electron chi connectivity index (χ3n) is 4.23. The largest absolute Gasteiger partial charge is 0.348 e. The van der Waals surface area contributed by atoms with Gasteiger partial charge in [-0.25, -0.2) is 8.42 Å². The van der Waals surface area contributed by atoms with Crippen LogP contribution in [-0.4, -0.2) is 26.5 Å². The van der Waals surface area contributed by atoms with Gasteiger partial charge in [-0.15, -0.1) is 0 Å². The Labute approximate surface area is 185 Å². The molecule has 3 aromatic rings. The lowest BCUT2D eigenvalue weighted by atomic mass is 10.1. The zero-order chi connectivity index (χ0) is 22.4. The third kappa shape index (κ3) is 6.31. The number of halogens is 1. The molecular formula is C22H20ClN3O4S. The molecule has 2 amide bonds. The van der Waals surface area contributed by atoms with Crippen molar-refractivity contribution in [2.75, 3.05) is 16.3 Å². The lowest BCUT2D eigenvalue weighted by molar-refractivity contribution is 0.0951. The Morgan fingerprint density at radius 3 is 2.26 bits per heavy atom. The van der Waals surface area contributed by atoms with Gasteiger partial charge in [0.05, 0.1) is 28.1 Å². The van der Waals surface area contributed by atoms with Crippen LogP contribution in [0.2, 0.25) is 5.02 Å². The van der Waals surface area contributed by atoms with Crippen LogP contribution in [0, 0.1) is 0 Å². The summed E-state index contributed by atoms with van der Waals surface area (Å²) in [6, 6.07) is 20.2. The molecule has 0 unspecified atom stereocenters. The van der Waals surface area contributed by atoms with E-state index in [9.17, 15) is 18.0 Å². The topological polar surface area (TPSA) is 104 Å². The highest BCUT2D eigenvalue weighted by atomic mass is 35.5. The minimum Gasteiger partial charge on any atom is -0.348 e. The van der Waals surface area contributed by atoms with Gasteiger partial charge in [-0.05, 0) is 35.9 Å². The first-order valence-corrected chi connectivity index (χ1v) is 11.5. The van der Waals surface area contributed by atoms with E-state index in [1.807, 2.05) is 30.3 Å². The molecule has 3 aromatic carbocycles. The fourth-order valence-electron chi connectivity index (χ4n) is 2.83. The Bertz CT molecular complexity index is 1210. The highest BCUT2D eigenvalue weighted by molar-refractivity contribution is 7.92. The van der Waals surface area contributed by atoms with Gasteiger partial charge >= 0.3 is 0 Å². The van der Waals surface area contributed by atoms with Gasteiger partial charge in [0.25, 0.3) is 11.8 Å². The van der Waals surface area contributed by atoms with Gasteiger partial charge in [0.15, 0.2) is 0 Å². The summed E-state index contributed by atoms with van der Waals surface area (Å²) in [7, 11) is -3.52. The molecule has 3 rings (SSSR count). The average molecular weight is 458 g/mol. The van der Waals surface area contributed by atoms with E-state index >= 15 is 0 Å². The average Bonchev–Trinajstić information content (AvgIpc) is 2.73. The Morgan fingerprint density at radius 2 is 1.55 bits per heavy atom. The number of benzene rings is 3. The van der Waals surface area contributed by atoms with Crippen LogP contribution in [0.4, 0.5) is 11.4 Å². The first-order chi connectivity index (χ1) is 14.7. The Morgan fingerprint density at radius 1 is 0.871 bits per heavy atom. The van der Waals surface area contributed by atoms with Crippen molar-refractivity contribution >= 4 is 44.8 Å². The van der Waals surface area contributed by atoms with Gasteiger partial charge < -0.3 is 10.6 Å². The lowest BCUT2D eigenvalue weighted by Crippen LogP contribution is -2.25. The third-order valence-corrected chi connectivity index (χ3v) is 5.17. The quantitative estimate of drug-likeness (QED) is 0.500. The van der Waals surface area contributed by atoms with Crippen molar-refractivity contribution in [1.29, 1.82) is 0 Å². The highest BCUT2D eigenvalue weighted by Crippen LogP contribution is 2.23. The summed E-state index contributed by atoms with van der Waals surface area (Å²) < 4.78 is 25.2. The SMILES string of the molecule is CS(=O)(=O)Nc1ccc(Cl)c(C(=O)Nc2ccccc2C(=O)NCc2ccccc2)c1. The smallest absolute Gasteiger partial charge is 0.257 e. The number of hydrogen-bond donors (Lipinski definition) is 3. The van der Waals surface area contributed by atoms with Crippen LogP contribution in [0.25, 0.3) is 0 Å². The molecule has 0 saturated heterocycles. The first kappa shape index (κ1) is 22.3. The zero-order valence-electron chi connectivity index (χ0n) is 16.6. The maximum Gasteiger partial charge on any atom is 0.257 e. The van der Waals surface area contributed by atoms with Crippen molar-refractivity contribution in [3.63, 3.8) is 0 Å². The molecule has 0 heterocycles. The van der Waals surface area contributed by atoms with Gasteiger partial charge in [-0.2, -0.15) is 0 Å². The molecule has 160 valence electrons. The summed E-state index contributed by atoms with van der Waals surface area (Å²) in [6.45, 7) is 0.340. The number of carbonyl (C=O) groups is 2. The predicted octanol–water partition coefficient (Wildman–Crippen LogP) is 3.89. The molecule has 0 fully saturated rings. The zero-order valence-corrected chi connectivity index (χ0v) is 18.1. The summed E-state index contributed by atoms with van der Waals surface area (Å²) in [4.78, 5) is 25.5. The van der Waals surface area contributed by atoms with Crippen molar-refractivity contribution < 1.29 is 18.0 Å². The van der Waals surface area contributed by atoms with Gasteiger partial charge in [-0.1, -0.05) is 54.1 Å². The highest BCUT2D eigenvalue weighted by Gasteiger charge is 2.17. The molecular weight excluding hydrogens is 438 g/mol. The van der Waals surface area contributed by atoms with E-state index in [1.165, 1.54) is 18.2 Å². The molecule has 0 radical (unpaired) electrons. The second kappa shape index (κ2) is 9.63. The molecule has 0 spiro atoms. The summed E-state index contributed by atoms with van der Waals surface area (Å²) in [5.41, 5.74) is 1.80. The molecule has 0 aliphatic carbocycles. The maximum absolute atomic E-state index is 12.8. The van der Waals surface area contributed by atoms with E-state index in [0.717, 1.165) is 11.8 Å². The number of rotatable bonds is 7. The Kier molecular flexibility index (Phi) is 6.94. The van der Waals surface area contributed by atoms with Crippen LogP contribution in [0.3, 0.4) is 0 Å². The molecule has 0 bridgehead atoms. The summed E-state index contributed by atoms with van der Waals surface area (Å²) in [5.74, 6) is -0.927. The van der Waals surface area contributed by atoms with E-state index in [4.69, 9.17) is 11.6 Å². The molecule has 3 N–H and O–H groups in total. The van der Waals surface area contributed by atoms with E-state index in [0.29, 0.717) is 12.2 Å². The standard InChI is InChI=1S/C22H20ClN3O4S/c1-31(29,30)26-16-11-12-19(23)18(13-16)22(28)25-20-10-6-5-9-17(20)21(27)24-14-15-7-3-2-4-8-15/h2-13,26H,14H2,1H3,(H,24,27)(H,25,28). The molecule has 0 aliphatic heterocycles. The minimum atomic E-state index is -3.52. The van der Waals surface area contributed by atoms with Gasteiger partial charge in [0, 0.05) is 12.2 Å². The number of amides is 2. The van der Waals surface area contributed by atoms with Crippen molar-refractivity contribution in [2.45, 2.75) is 6.54 Å². The first-order valence-electron chi connectivity index (χ1n) is 9.23. The van der Waals surface area contributed by atoms with Gasteiger partial charge in [-0.3, -0.25) is 14.3 Å². The number of anilines is 2. The molecule has 0 aliphatic rings. The van der Waals surface area contributed by atoms with E-state index in [-0.39, 0.29) is 27.7 Å². The van der Waals surface area contributed by atoms with Crippen LogP contribution >= 0.6 is 11.6 Å². The number of hydrogen-bond acceptors (Lipinski definition) is 4. The summed E-state index contributed by atoms with van der Waals surface area (Å²) >= 11 is 6.13. The number of sulfonamides is 1. The van der Waals surface area contributed by atoms with Gasteiger partial charge in [0.2, 0.25) is 10.0 Å². The normalized spacial score (nSPS) is 10.9. The van der Waals surface area contributed by atoms with Crippen LogP contribution in [0.1, 0.15) is 26.3 Å². The molecule has 0 aromatic heterocycles. The van der Waals surface area contributed by atoms with E-state index < -0.39 is 15.9 Å². The Hall–Kier alpha value is -3.36. The van der Waals surface area contributed by atoms with Crippen molar-refractivity contribution in [1.82, 2.24) is 5.32 Å². The molecule has 31 heavy (non-hydrogen) atoms. The fourth-order valence-corrected chi connectivity index (χ4v) is 3.59. The van der Waals surface area contributed by atoms with Crippen LogP contribution in [0.5, 0.6) is 0 Å². The van der Waals surface area contributed by atoms with Crippen LogP contribution in [-0.2, 0) is 16.6 Å². The number of para-hydroxylation sites is 1. The fraction of sp³-hybridized carbons (Fsp3) is 0.0909. The van der Waals surface area contributed by atoms with Crippen molar-refractivity contribution in [3.05, 3.63) is 94.5 Å². The van der Waals surface area contributed by atoms with E-state index in [2.05, 4.69) is 15.4 Å². The van der Waals surface area contributed by atoms with Crippen molar-refractivity contribution in [2.24, 2.45) is 0 Å². The minimum absolute atomic E-state index is 0.0646. The predicted molar refractivity (Wildman–Crippen MR) is 122 cm³/mol. The van der Waals surface area contributed by atoms with E-state index in [1.54, 1.807) is 24.3 Å². The summed E-state index contributed by atoms with van der Waals surface area (Å²) in [5, 5.41) is 5.64. The second-order valence-electron chi connectivity index (χ2n) is 6.74. The van der Waals surface area contributed by atoms with Crippen LogP contribution in [0.15, 0.2) is 72.8 Å².